The van der Waals surface area contributed by atoms with Crippen LogP contribution in [0.1, 0.15) is 18.4 Å². The van der Waals surface area contributed by atoms with Gasteiger partial charge in [-0.2, -0.15) is 4.31 Å². The molecular weight excluding hydrogens is 399 g/mol. The fraction of sp³-hybridized carbons (Fsp3) is 0.353. The van der Waals surface area contributed by atoms with E-state index in [0.717, 1.165) is 11.3 Å². The molecule has 1 N–H and O–H groups in total. The van der Waals surface area contributed by atoms with Crippen LogP contribution in [0.4, 0.5) is 4.39 Å². The van der Waals surface area contributed by atoms with E-state index < -0.39 is 10.0 Å². The highest BCUT2D eigenvalue weighted by atomic mass is 35.5. The molecule has 140 valence electrons. The van der Waals surface area contributed by atoms with Gasteiger partial charge in [-0.05, 0) is 42.7 Å². The zero-order valence-corrected chi connectivity index (χ0v) is 16.2. The van der Waals surface area contributed by atoms with Gasteiger partial charge in [0.05, 0.1) is 4.34 Å². The molecule has 2 aromatic rings. The lowest BCUT2D eigenvalue weighted by Crippen LogP contribution is -2.42. The van der Waals surface area contributed by atoms with Gasteiger partial charge in [-0.1, -0.05) is 23.7 Å². The number of sulfonamides is 1. The van der Waals surface area contributed by atoms with Crippen LogP contribution in [0.15, 0.2) is 40.6 Å². The zero-order valence-electron chi connectivity index (χ0n) is 13.8. The highest BCUT2D eigenvalue weighted by molar-refractivity contribution is 7.91. The Morgan fingerprint density at radius 2 is 2.00 bits per heavy atom. The van der Waals surface area contributed by atoms with Crippen molar-refractivity contribution in [2.24, 2.45) is 5.92 Å². The van der Waals surface area contributed by atoms with Crippen molar-refractivity contribution in [3.05, 3.63) is 52.1 Å². The molecule has 0 unspecified atom stereocenters. The number of carbonyl (C=O) groups excluding carboxylic acids is 1. The summed E-state index contributed by atoms with van der Waals surface area (Å²) in [6, 6.07) is 9.12. The van der Waals surface area contributed by atoms with Crippen LogP contribution >= 0.6 is 22.9 Å². The number of hydrogen-bond acceptors (Lipinski definition) is 4. The van der Waals surface area contributed by atoms with Crippen molar-refractivity contribution < 1.29 is 17.6 Å². The van der Waals surface area contributed by atoms with Crippen molar-refractivity contribution >= 4 is 38.9 Å². The molecule has 1 amide bonds. The van der Waals surface area contributed by atoms with Gasteiger partial charge in [-0.3, -0.25) is 4.79 Å². The standard InChI is InChI=1S/C17H18ClFN2O3S2/c18-15-4-5-16(25-15)26(23,24)21-8-6-13(7-9-21)17(22)20-11-12-2-1-3-14(19)10-12/h1-5,10,13H,6-9,11H2,(H,20,22). The third-order valence-corrected chi connectivity index (χ3v) is 7.92. The van der Waals surface area contributed by atoms with Crippen LogP contribution in [-0.2, 0) is 21.4 Å². The van der Waals surface area contributed by atoms with Crippen molar-refractivity contribution in [3.8, 4) is 0 Å². The lowest BCUT2D eigenvalue weighted by molar-refractivity contribution is -0.126. The van der Waals surface area contributed by atoms with Gasteiger partial charge in [0.2, 0.25) is 5.91 Å². The van der Waals surface area contributed by atoms with Crippen molar-refractivity contribution in [1.82, 2.24) is 9.62 Å². The average Bonchev–Trinajstić information content (AvgIpc) is 3.07. The maximum absolute atomic E-state index is 13.2. The van der Waals surface area contributed by atoms with Gasteiger partial charge >= 0.3 is 0 Å². The van der Waals surface area contributed by atoms with Gasteiger partial charge in [-0.25, -0.2) is 12.8 Å². The predicted octanol–water partition coefficient (Wildman–Crippen LogP) is 3.26. The topological polar surface area (TPSA) is 66.5 Å². The van der Waals surface area contributed by atoms with E-state index in [1.54, 1.807) is 18.2 Å². The summed E-state index contributed by atoms with van der Waals surface area (Å²) in [7, 11) is -3.56. The number of hydrogen-bond donors (Lipinski definition) is 1. The molecule has 1 aliphatic rings. The van der Waals surface area contributed by atoms with E-state index in [9.17, 15) is 17.6 Å². The van der Waals surface area contributed by atoms with Gasteiger partial charge in [0.1, 0.15) is 10.0 Å². The van der Waals surface area contributed by atoms with Crippen molar-refractivity contribution in [2.45, 2.75) is 23.6 Å². The van der Waals surface area contributed by atoms with Crippen LogP contribution in [0.3, 0.4) is 0 Å². The lowest BCUT2D eigenvalue weighted by Gasteiger charge is -2.30. The molecule has 1 aromatic heterocycles. The van der Waals surface area contributed by atoms with E-state index in [0.29, 0.717) is 22.7 Å². The first-order valence-electron chi connectivity index (χ1n) is 8.14. The highest BCUT2D eigenvalue weighted by Crippen LogP contribution is 2.30. The Hall–Kier alpha value is -1.48. The van der Waals surface area contributed by atoms with E-state index in [-0.39, 0.29) is 41.5 Å². The van der Waals surface area contributed by atoms with Gasteiger partial charge in [0.25, 0.3) is 10.0 Å². The predicted molar refractivity (Wildman–Crippen MR) is 99.1 cm³/mol. The fourth-order valence-electron chi connectivity index (χ4n) is 2.90. The summed E-state index contributed by atoms with van der Waals surface area (Å²) in [5.41, 5.74) is 0.688. The van der Waals surface area contributed by atoms with Crippen LogP contribution in [0, 0.1) is 11.7 Å². The number of nitrogens with zero attached hydrogens (tertiary/aromatic N) is 1. The maximum Gasteiger partial charge on any atom is 0.252 e. The number of amides is 1. The monoisotopic (exact) mass is 416 g/mol. The minimum atomic E-state index is -3.56. The molecule has 1 aromatic carbocycles. The number of nitrogens with one attached hydrogen (secondary N) is 1. The first kappa shape index (κ1) is 19.3. The van der Waals surface area contributed by atoms with Gasteiger partial charge in [0, 0.05) is 25.6 Å². The molecule has 0 atom stereocenters. The zero-order chi connectivity index (χ0) is 18.7. The third-order valence-electron chi connectivity index (χ3n) is 4.32. The summed E-state index contributed by atoms with van der Waals surface area (Å²) in [5.74, 6) is -0.726. The molecule has 9 heteroatoms. The highest BCUT2D eigenvalue weighted by Gasteiger charge is 2.32. The number of benzene rings is 1. The van der Waals surface area contributed by atoms with Crippen LogP contribution in [0.5, 0.6) is 0 Å². The number of piperidine rings is 1. The number of rotatable bonds is 5. The quantitative estimate of drug-likeness (QED) is 0.813. The Morgan fingerprint density at radius 1 is 1.27 bits per heavy atom. The molecule has 1 saturated heterocycles. The summed E-state index contributed by atoms with van der Waals surface area (Å²) < 4.78 is 40.3. The first-order valence-corrected chi connectivity index (χ1v) is 10.8. The second-order valence-corrected chi connectivity index (χ2v) is 9.96. The molecule has 2 heterocycles. The molecule has 1 aliphatic heterocycles. The summed E-state index contributed by atoms with van der Waals surface area (Å²) >= 11 is 6.85. The van der Waals surface area contributed by atoms with Crippen molar-refractivity contribution in [2.75, 3.05) is 13.1 Å². The van der Waals surface area contributed by atoms with Gasteiger partial charge in [0.15, 0.2) is 0 Å². The maximum atomic E-state index is 13.2. The molecule has 0 bridgehead atoms. The SMILES string of the molecule is O=C(NCc1cccc(F)c1)C1CCN(S(=O)(=O)c2ccc(Cl)s2)CC1. The normalized spacial score (nSPS) is 16.5. The van der Waals surface area contributed by atoms with Crippen LogP contribution < -0.4 is 5.32 Å². The first-order chi connectivity index (χ1) is 12.4. The summed E-state index contributed by atoms with van der Waals surface area (Å²) in [5, 5.41) is 2.80. The van der Waals surface area contributed by atoms with Gasteiger partial charge < -0.3 is 5.32 Å². The molecule has 0 spiro atoms. The molecule has 3 rings (SSSR count). The summed E-state index contributed by atoms with van der Waals surface area (Å²) in [6.45, 7) is 0.828. The Bertz CT molecular complexity index is 893. The molecule has 26 heavy (non-hydrogen) atoms. The van der Waals surface area contributed by atoms with Crippen LogP contribution in [0.25, 0.3) is 0 Å². The molecule has 0 radical (unpaired) electrons. The van der Waals surface area contributed by atoms with E-state index in [4.69, 9.17) is 11.6 Å². The molecular formula is C17H18ClFN2O3S2. The Morgan fingerprint density at radius 3 is 2.62 bits per heavy atom. The Labute approximate surface area is 160 Å². The third kappa shape index (κ3) is 4.43. The van der Waals surface area contributed by atoms with E-state index in [1.165, 1.54) is 22.5 Å². The minimum Gasteiger partial charge on any atom is -0.352 e. The molecule has 0 aliphatic carbocycles. The number of carbonyl (C=O) groups is 1. The van der Waals surface area contributed by atoms with Crippen LogP contribution in [-0.4, -0.2) is 31.7 Å². The summed E-state index contributed by atoms with van der Waals surface area (Å²) in [4.78, 5) is 12.3. The Kier molecular flexibility index (Phi) is 5.96. The fourth-order valence-corrected chi connectivity index (χ4v) is 6.01. The average molecular weight is 417 g/mol. The van der Waals surface area contributed by atoms with Crippen molar-refractivity contribution in [1.29, 1.82) is 0 Å². The van der Waals surface area contributed by atoms with Gasteiger partial charge in [-0.15, -0.1) is 11.3 Å². The molecule has 0 saturated carbocycles. The largest absolute Gasteiger partial charge is 0.352 e. The minimum absolute atomic E-state index is 0.134. The molecule has 1 fully saturated rings. The van der Waals surface area contributed by atoms with Crippen molar-refractivity contribution in [3.63, 3.8) is 0 Å². The van der Waals surface area contributed by atoms with E-state index in [1.807, 2.05) is 0 Å². The second-order valence-electron chi connectivity index (χ2n) is 6.08. The smallest absolute Gasteiger partial charge is 0.252 e. The second kappa shape index (κ2) is 8.04. The molecule has 5 nitrogen and oxygen atoms in total. The Balaban J connectivity index is 1.54. The number of halogens is 2. The van der Waals surface area contributed by atoms with E-state index >= 15 is 0 Å². The number of thiophene rings is 1. The lowest BCUT2D eigenvalue weighted by atomic mass is 9.97. The van der Waals surface area contributed by atoms with E-state index in [2.05, 4.69) is 5.32 Å². The summed E-state index contributed by atoms with van der Waals surface area (Å²) in [6.07, 6.45) is 0.903. The van der Waals surface area contributed by atoms with Crippen LogP contribution in [0.2, 0.25) is 4.34 Å².